The largest absolute Gasteiger partial charge is 0.497 e. The number of esters is 1. The van der Waals surface area contributed by atoms with Crippen molar-refractivity contribution in [1.29, 1.82) is 0 Å². The zero-order valence-electron chi connectivity index (χ0n) is 20.4. The first-order valence-electron chi connectivity index (χ1n) is 11.4. The van der Waals surface area contributed by atoms with Crippen LogP contribution in [0.1, 0.15) is 66.0 Å². The molecule has 0 aliphatic carbocycles. The fraction of sp³-hybridized carbons (Fsp3) is 0.615. The first-order chi connectivity index (χ1) is 14.9. The first kappa shape index (κ1) is 24.1. The number of hydrogen-bond acceptors (Lipinski definition) is 5. The maximum absolute atomic E-state index is 13.5. The Labute approximate surface area is 191 Å². The molecule has 0 bridgehead atoms. The Morgan fingerprint density at radius 3 is 2.28 bits per heavy atom. The molecular weight excluding hydrogens is 406 g/mol. The van der Waals surface area contributed by atoms with Crippen molar-refractivity contribution in [3.8, 4) is 5.75 Å². The summed E-state index contributed by atoms with van der Waals surface area (Å²) in [5.74, 6) is 0.718. The van der Waals surface area contributed by atoms with Gasteiger partial charge in [-0.2, -0.15) is 0 Å². The van der Waals surface area contributed by atoms with E-state index < -0.39 is 5.60 Å². The summed E-state index contributed by atoms with van der Waals surface area (Å²) in [5, 5.41) is 0. The smallest absolute Gasteiger partial charge is 0.411 e. The quantitative estimate of drug-likeness (QED) is 0.442. The van der Waals surface area contributed by atoms with E-state index in [0.29, 0.717) is 12.3 Å². The molecule has 0 N–H and O–H groups in total. The maximum atomic E-state index is 13.5. The summed E-state index contributed by atoms with van der Waals surface area (Å²) in [4.78, 5) is 27.8. The van der Waals surface area contributed by atoms with Crippen LogP contribution in [0.15, 0.2) is 36.4 Å². The van der Waals surface area contributed by atoms with Crippen LogP contribution in [0.2, 0.25) is 0 Å². The molecule has 2 aliphatic rings. The Balaban J connectivity index is 2.02. The fourth-order valence-corrected chi connectivity index (χ4v) is 4.92. The van der Waals surface area contributed by atoms with Gasteiger partial charge >= 0.3 is 12.1 Å². The third-order valence-corrected chi connectivity index (χ3v) is 6.54. The van der Waals surface area contributed by atoms with Crippen molar-refractivity contribution in [3.05, 3.63) is 42.0 Å². The molecule has 0 unspecified atom stereocenters. The lowest BCUT2D eigenvalue weighted by Gasteiger charge is -2.35. The van der Waals surface area contributed by atoms with Gasteiger partial charge in [-0.15, -0.1) is 0 Å². The minimum atomic E-state index is -0.630. The van der Waals surface area contributed by atoms with Gasteiger partial charge in [0.25, 0.3) is 0 Å². The van der Waals surface area contributed by atoms with E-state index in [1.807, 2.05) is 56.9 Å². The number of methoxy groups -OCH3 is 1. The van der Waals surface area contributed by atoms with E-state index in [9.17, 15) is 9.59 Å². The summed E-state index contributed by atoms with van der Waals surface area (Å²) in [6.45, 7) is 15.8. The van der Waals surface area contributed by atoms with Gasteiger partial charge in [0.1, 0.15) is 17.5 Å². The van der Waals surface area contributed by atoms with E-state index >= 15 is 0 Å². The number of ether oxygens (including phenoxy) is 3. The highest BCUT2D eigenvalue weighted by atomic mass is 16.6. The molecule has 0 radical (unpaired) electrons. The number of cyclic esters (lactones) is 1. The lowest BCUT2D eigenvalue weighted by atomic mass is 9.83. The maximum Gasteiger partial charge on any atom is 0.411 e. The minimum absolute atomic E-state index is 0.177. The van der Waals surface area contributed by atoms with Gasteiger partial charge in [-0.1, -0.05) is 38.1 Å². The normalized spacial score (nSPS) is 28.1. The number of carbonyl (C=O) groups is 2. The van der Waals surface area contributed by atoms with Gasteiger partial charge in [0.15, 0.2) is 0 Å². The van der Waals surface area contributed by atoms with E-state index in [1.165, 1.54) is 0 Å². The van der Waals surface area contributed by atoms with Gasteiger partial charge in [0, 0.05) is 6.42 Å². The molecule has 2 fully saturated rings. The molecule has 2 saturated heterocycles. The summed E-state index contributed by atoms with van der Waals surface area (Å²) < 4.78 is 17.0. The molecule has 3 rings (SSSR count). The molecule has 2 heterocycles. The zero-order chi connectivity index (χ0) is 23.8. The van der Waals surface area contributed by atoms with Crippen LogP contribution in [-0.4, -0.2) is 41.8 Å². The van der Waals surface area contributed by atoms with Crippen molar-refractivity contribution < 1.29 is 23.8 Å². The Morgan fingerprint density at radius 1 is 1.19 bits per heavy atom. The monoisotopic (exact) mass is 443 g/mol. The predicted octanol–water partition coefficient (Wildman–Crippen LogP) is 5.53. The summed E-state index contributed by atoms with van der Waals surface area (Å²) in [7, 11) is 1.64. The summed E-state index contributed by atoms with van der Waals surface area (Å²) in [6, 6.07) is 7.42. The van der Waals surface area contributed by atoms with Crippen molar-refractivity contribution in [2.24, 2.45) is 17.8 Å². The number of nitrogens with zero attached hydrogens (tertiary/aromatic N) is 1. The van der Waals surface area contributed by atoms with Gasteiger partial charge in [0.2, 0.25) is 0 Å². The van der Waals surface area contributed by atoms with E-state index in [0.717, 1.165) is 23.3 Å². The van der Waals surface area contributed by atoms with Crippen LogP contribution in [0.25, 0.3) is 0 Å². The SMILES string of the molecule is C=C(C)[C@@H]1C[C@@H]([C@@H]2C[C@@H](C(C)C)[C@@H](c3ccc(OC)cc3)N2C(=O)OC(C)(C)C)OC1=O. The summed E-state index contributed by atoms with van der Waals surface area (Å²) in [6.07, 6.45) is 0.537. The molecule has 1 amide bonds. The van der Waals surface area contributed by atoms with Gasteiger partial charge in [-0.25, -0.2) is 4.79 Å². The second-order valence-electron chi connectivity index (χ2n) is 10.4. The number of rotatable bonds is 5. The van der Waals surface area contributed by atoms with Crippen molar-refractivity contribution in [2.45, 2.75) is 78.2 Å². The average Bonchev–Trinajstić information content (AvgIpc) is 3.28. The average molecular weight is 444 g/mol. The lowest BCUT2D eigenvalue weighted by molar-refractivity contribution is -0.145. The van der Waals surface area contributed by atoms with Crippen LogP contribution in [0.3, 0.4) is 0 Å². The molecule has 0 aromatic heterocycles. The molecule has 0 saturated carbocycles. The molecule has 6 heteroatoms. The van der Waals surface area contributed by atoms with Gasteiger partial charge in [-0.05, 0) is 63.6 Å². The lowest BCUT2D eigenvalue weighted by Crippen LogP contribution is -2.46. The number of benzene rings is 1. The van der Waals surface area contributed by atoms with Crippen LogP contribution in [-0.2, 0) is 14.3 Å². The van der Waals surface area contributed by atoms with Crippen LogP contribution in [0, 0.1) is 17.8 Å². The van der Waals surface area contributed by atoms with E-state index in [-0.39, 0.29) is 42.1 Å². The highest BCUT2D eigenvalue weighted by molar-refractivity contribution is 5.78. The molecule has 176 valence electrons. The minimum Gasteiger partial charge on any atom is -0.497 e. The Bertz CT molecular complexity index is 854. The second-order valence-corrected chi connectivity index (χ2v) is 10.4. The number of hydrogen-bond donors (Lipinski definition) is 0. The van der Waals surface area contributed by atoms with E-state index in [1.54, 1.807) is 7.11 Å². The molecule has 32 heavy (non-hydrogen) atoms. The van der Waals surface area contributed by atoms with Crippen LogP contribution >= 0.6 is 0 Å². The highest BCUT2D eigenvalue weighted by Crippen LogP contribution is 2.48. The Hall–Kier alpha value is -2.50. The Morgan fingerprint density at radius 2 is 1.81 bits per heavy atom. The molecule has 1 aromatic rings. The molecule has 0 spiro atoms. The van der Waals surface area contributed by atoms with E-state index in [2.05, 4.69) is 20.4 Å². The molecule has 2 aliphatic heterocycles. The number of likely N-dealkylation sites (tertiary alicyclic amines) is 1. The standard InChI is InChI=1S/C26H37NO5/c1-15(2)19-13-21(22-14-20(16(3)4)24(28)31-22)27(25(29)32-26(5,6)7)23(19)17-9-11-18(30-8)12-10-17/h9-12,15,19-23H,3,13-14H2,1-2,4-8H3/t19-,20-,21-,22-,23+/m0/s1. The number of carbonyl (C=O) groups excluding carboxylic acids is 2. The second kappa shape index (κ2) is 9.16. The van der Waals surface area contributed by atoms with E-state index in [4.69, 9.17) is 14.2 Å². The van der Waals surface area contributed by atoms with Crippen molar-refractivity contribution in [2.75, 3.05) is 7.11 Å². The fourth-order valence-electron chi connectivity index (χ4n) is 4.92. The Kier molecular flexibility index (Phi) is 6.91. The van der Waals surface area contributed by atoms with Gasteiger partial charge in [-0.3, -0.25) is 9.69 Å². The molecule has 6 nitrogen and oxygen atoms in total. The van der Waals surface area contributed by atoms with Crippen LogP contribution < -0.4 is 4.74 Å². The van der Waals surface area contributed by atoms with Gasteiger partial charge in [0.05, 0.1) is 25.1 Å². The van der Waals surface area contributed by atoms with Crippen molar-refractivity contribution in [3.63, 3.8) is 0 Å². The highest BCUT2D eigenvalue weighted by Gasteiger charge is 2.53. The van der Waals surface area contributed by atoms with Crippen LogP contribution in [0.4, 0.5) is 4.79 Å². The predicted molar refractivity (Wildman–Crippen MR) is 123 cm³/mol. The first-order valence-corrected chi connectivity index (χ1v) is 11.4. The summed E-state index contributed by atoms with van der Waals surface area (Å²) in [5.41, 5.74) is 1.19. The zero-order valence-corrected chi connectivity index (χ0v) is 20.4. The van der Waals surface area contributed by atoms with Crippen molar-refractivity contribution in [1.82, 2.24) is 4.90 Å². The third kappa shape index (κ3) is 4.94. The van der Waals surface area contributed by atoms with Crippen LogP contribution in [0.5, 0.6) is 5.75 Å². The number of amides is 1. The van der Waals surface area contributed by atoms with Crippen molar-refractivity contribution >= 4 is 12.1 Å². The molecule has 1 aromatic carbocycles. The topological polar surface area (TPSA) is 65.1 Å². The molecule has 5 atom stereocenters. The van der Waals surface area contributed by atoms with Gasteiger partial charge < -0.3 is 14.2 Å². The summed E-state index contributed by atoms with van der Waals surface area (Å²) >= 11 is 0. The molecular formula is C26H37NO5. The third-order valence-electron chi connectivity index (χ3n) is 6.54.